The molecule has 9 heteroatoms. The highest BCUT2D eigenvalue weighted by atomic mass is 32.2. The number of halogens is 2. The van der Waals surface area contributed by atoms with Crippen molar-refractivity contribution in [3.63, 3.8) is 0 Å². The number of sulfonamides is 1. The van der Waals surface area contributed by atoms with Crippen LogP contribution in [0.2, 0.25) is 0 Å². The zero-order valence-corrected chi connectivity index (χ0v) is 14.0. The SMILES string of the molecule is Cc1ccc(C(=O)O)cc1S(=O)(=O)Nc1ccc(SC(F)F)cc1. The van der Waals surface area contributed by atoms with E-state index in [1.54, 1.807) is 6.92 Å². The van der Waals surface area contributed by atoms with Crippen molar-refractivity contribution < 1.29 is 27.1 Å². The van der Waals surface area contributed by atoms with Crippen molar-refractivity contribution >= 4 is 33.4 Å². The topological polar surface area (TPSA) is 83.5 Å². The zero-order chi connectivity index (χ0) is 17.9. The number of carbonyl (C=O) groups is 1. The number of aryl methyl sites for hydroxylation is 1. The lowest BCUT2D eigenvalue weighted by Gasteiger charge is -2.11. The molecule has 0 atom stereocenters. The molecule has 2 N–H and O–H groups in total. The predicted molar refractivity (Wildman–Crippen MR) is 87.2 cm³/mol. The first-order valence-electron chi connectivity index (χ1n) is 6.60. The minimum atomic E-state index is -4.00. The highest BCUT2D eigenvalue weighted by Crippen LogP contribution is 2.27. The Labute approximate surface area is 141 Å². The maximum atomic E-state index is 12.4. The molecule has 0 fully saturated rings. The summed E-state index contributed by atoms with van der Waals surface area (Å²) >= 11 is 0.353. The lowest BCUT2D eigenvalue weighted by molar-refractivity contribution is 0.0696. The number of thioether (sulfide) groups is 1. The van der Waals surface area contributed by atoms with Gasteiger partial charge in [-0.25, -0.2) is 13.2 Å². The minimum absolute atomic E-state index is 0.148. The molecular formula is C15H13F2NO4S2. The van der Waals surface area contributed by atoms with Gasteiger partial charge in [-0.15, -0.1) is 0 Å². The van der Waals surface area contributed by atoms with Crippen LogP contribution in [-0.2, 0) is 10.0 Å². The Bertz CT molecular complexity index is 852. The molecule has 0 amide bonds. The average Bonchev–Trinajstić information content (AvgIpc) is 2.48. The largest absolute Gasteiger partial charge is 0.478 e. The zero-order valence-electron chi connectivity index (χ0n) is 12.4. The maximum Gasteiger partial charge on any atom is 0.335 e. The number of carboxylic acid groups (broad SMARTS) is 1. The number of hydrogen-bond donors (Lipinski definition) is 2. The fraction of sp³-hybridized carbons (Fsp3) is 0.133. The van der Waals surface area contributed by atoms with E-state index in [1.165, 1.54) is 36.4 Å². The van der Waals surface area contributed by atoms with Crippen molar-refractivity contribution in [2.24, 2.45) is 0 Å². The van der Waals surface area contributed by atoms with Crippen LogP contribution in [0.4, 0.5) is 14.5 Å². The summed E-state index contributed by atoms with van der Waals surface area (Å²) in [7, 11) is -4.00. The van der Waals surface area contributed by atoms with Gasteiger partial charge in [0.1, 0.15) is 0 Å². The molecule has 2 rings (SSSR count). The number of carboxylic acids is 1. The van der Waals surface area contributed by atoms with Crippen LogP contribution >= 0.6 is 11.8 Å². The molecule has 0 saturated carbocycles. The van der Waals surface area contributed by atoms with Gasteiger partial charge in [-0.2, -0.15) is 8.78 Å². The van der Waals surface area contributed by atoms with Crippen LogP contribution in [0.5, 0.6) is 0 Å². The van der Waals surface area contributed by atoms with Crippen molar-refractivity contribution in [1.29, 1.82) is 0 Å². The summed E-state index contributed by atoms with van der Waals surface area (Å²) < 4.78 is 51.7. The normalized spacial score (nSPS) is 11.5. The van der Waals surface area contributed by atoms with Gasteiger partial charge in [-0.05, 0) is 48.9 Å². The Morgan fingerprint density at radius 1 is 1.17 bits per heavy atom. The van der Waals surface area contributed by atoms with Gasteiger partial charge in [0.15, 0.2) is 0 Å². The number of rotatable bonds is 6. The summed E-state index contributed by atoms with van der Waals surface area (Å²) in [6.07, 6.45) is 0. The van der Waals surface area contributed by atoms with Crippen LogP contribution in [0, 0.1) is 6.92 Å². The first-order chi connectivity index (χ1) is 11.2. The van der Waals surface area contributed by atoms with Crippen molar-refractivity contribution in [3.8, 4) is 0 Å². The Morgan fingerprint density at radius 3 is 2.33 bits per heavy atom. The molecule has 0 heterocycles. The smallest absolute Gasteiger partial charge is 0.335 e. The van der Waals surface area contributed by atoms with Crippen molar-refractivity contribution in [1.82, 2.24) is 0 Å². The first-order valence-corrected chi connectivity index (χ1v) is 8.97. The van der Waals surface area contributed by atoms with Crippen molar-refractivity contribution in [2.75, 3.05) is 4.72 Å². The van der Waals surface area contributed by atoms with E-state index in [0.29, 0.717) is 22.2 Å². The fourth-order valence-electron chi connectivity index (χ4n) is 1.94. The number of benzene rings is 2. The van der Waals surface area contributed by atoms with Gasteiger partial charge in [0.05, 0.1) is 10.5 Å². The van der Waals surface area contributed by atoms with E-state index in [1.807, 2.05) is 0 Å². The molecule has 2 aromatic carbocycles. The van der Waals surface area contributed by atoms with E-state index in [4.69, 9.17) is 5.11 Å². The monoisotopic (exact) mass is 373 g/mol. The van der Waals surface area contributed by atoms with Gasteiger partial charge in [-0.1, -0.05) is 17.8 Å². The predicted octanol–water partition coefficient (Wildman–Crippen LogP) is 3.81. The third-order valence-corrected chi connectivity index (χ3v) is 5.30. The van der Waals surface area contributed by atoms with E-state index in [0.717, 1.165) is 6.07 Å². The average molecular weight is 373 g/mol. The molecule has 5 nitrogen and oxygen atoms in total. The lowest BCUT2D eigenvalue weighted by atomic mass is 10.1. The molecule has 0 radical (unpaired) electrons. The number of hydrogen-bond acceptors (Lipinski definition) is 4. The molecule has 0 aliphatic carbocycles. The van der Waals surface area contributed by atoms with E-state index in [9.17, 15) is 22.0 Å². The highest BCUT2D eigenvalue weighted by Gasteiger charge is 2.19. The van der Waals surface area contributed by atoms with E-state index >= 15 is 0 Å². The molecule has 0 spiro atoms. The molecule has 0 aliphatic heterocycles. The molecule has 128 valence electrons. The van der Waals surface area contributed by atoms with E-state index in [-0.39, 0.29) is 16.1 Å². The lowest BCUT2D eigenvalue weighted by Crippen LogP contribution is -2.15. The molecule has 0 unspecified atom stereocenters. The summed E-state index contributed by atoms with van der Waals surface area (Å²) in [5, 5.41) is 8.98. The van der Waals surface area contributed by atoms with Crippen LogP contribution in [0.1, 0.15) is 15.9 Å². The molecular weight excluding hydrogens is 360 g/mol. The Kier molecular flexibility index (Phi) is 5.45. The number of anilines is 1. The standard InChI is InChI=1S/C15H13F2NO4S2/c1-9-2-3-10(14(19)20)8-13(9)24(21,22)18-11-4-6-12(7-5-11)23-15(16)17/h2-8,15,18H,1H3,(H,19,20). The second-order valence-electron chi connectivity index (χ2n) is 4.79. The minimum Gasteiger partial charge on any atom is -0.478 e. The molecule has 2 aromatic rings. The second-order valence-corrected chi connectivity index (χ2v) is 7.51. The molecule has 0 bridgehead atoms. The van der Waals surface area contributed by atoms with E-state index < -0.39 is 21.8 Å². The van der Waals surface area contributed by atoms with Gasteiger partial charge in [0.2, 0.25) is 0 Å². The van der Waals surface area contributed by atoms with E-state index in [2.05, 4.69) is 4.72 Å². The van der Waals surface area contributed by atoms with Gasteiger partial charge >= 0.3 is 5.97 Å². The van der Waals surface area contributed by atoms with Crippen molar-refractivity contribution in [3.05, 3.63) is 53.6 Å². The van der Waals surface area contributed by atoms with Gasteiger partial charge in [0, 0.05) is 10.6 Å². The van der Waals surface area contributed by atoms with Gasteiger partial charge < -0.3 is 5.11 Å². The second kappa shape index (κ2) is 7.18. The van der Waals surface area contributed by atoms with Crippen LogP contribution in [0.15, 0.2) is 52.3 Å². The van der Waals surface area contributed by atoms with Crippen LogP contribution in [-0.4, -0.2) is 25.3 Å². The fourth-order valence-corrected chi connectivity index (χ4v) is 3.77. The highest BCUT2D eigenvalue weighted by molar-refractivity contribution is 7.99. The molecule has 0 aromatic heterocycles. The quantitative estimate of drug-likeness (QED) is 0.753. The number of alkyl halides is 2. The maximum absolute atomic E-state index is 12.4. The first kappa shape index (κ1) is 18.2. The molecule has 0 aliphatic rings. The number of aromatic carboxylic acids is 1. The summed E-state index contributed by atoms with van der Waals surface area (Å²) in [6, 6.07) is 9.25. The Morgan fingerprint density at radius 2 is 1.79 bits per heavy atom. The molecule has 24 heavy (non-hydrogen) atoms. The number of nitrogens with one attached hydrogen (secondary N) is 1. The molecule has 0 saturated heterocycles. The van der Waals surface area contributed by atoms with Crippen molar-refractivity contribution in [2.45, 2.75) is 22.5 Å². The third kappa shape index (κ3) is 4.45. The van der Waals surface area contributed by atoms with Crippen LogP contribution in [0.3, 0.4) is 0 Å². The van der Waals surface area contributed by atoms with Gasteiger partial charge in [-0.3, -0.25) is 4.72 Å². The van der Waals surface area contributed by atoms with Crippen LogP contribution in [0.25, 0.3) is 0 Å². The van der Waals surface area contributed by atoms with Crippen LogP contribution < -0.4 is 4.72 Å². The Hall–Kier alpha value is -2.13. The Balaban J connectivity index is 2.28. The third-order valence-electron chi connectivity index (χ3n) is 3.06. The summed E-state index contributed by atoms with van der Waals surface area (Å²) in [5.41, 5.74) is 0.427. The summed E-state index contributed by atoms with van der Waals surface area (Å²) in [5.74, 6) is -3.80. The summed E-state index contributed by atoms with van der Waals surface area (Å²) in [4.78, 5) is 11.1. The van der Waals surface area contributed by atoms with Gasteiger partial charge in [0.25, 0.3) is 15.8 Å². The summed E-state index contributed by atoms with van der Waals surface area (Å²) in [6.45, 7) is 1.54.